The first kappa shape index (κ1) is 15.3. The van der Waals surface area contributed by atoms with E-state index in [-0.39, 0.29) is 0 Å². The Labute approximate surface area is 140 Å². The van der Waals surface area contributed by atoms with Crippen molar-refractivity contribution in [2.45, 2.75) is 49.9 Å². The maximum atomic E-state index is 7.04. The standard InChI is InChI=1S/C19H25ClOSe/c1-18(2)16-10-11-19(18)14-22(20,21-17(19)13-16)12-6-9-15-7-4-3-5-8-15/h3-9,16-17H,10-14H2,1-2H3/b9-6+/t16?,17-,19?/m1/s1. The first-order valence-electron chi connectivity index (χ1n) is 8.33. The molecule has 2 unspecified atom stereocenters. The number of fused-ring (bicyclic) bond motifs is 1. The van der Waals surface area contributed by atoms with Gasteiger partial charge in [0.2, 0.25) is 0 Å². The monoisotopic (exact) mass is 384 g/mol. The molecule has 1 aliphatic heterocycles. The van der Waals surface area contributed by atoms with Crippen LogP contribution < -0.4 is 0 Å². The van der Waals surface area contributed by atoms with Gasteiger partial charge in [-0.3, -0.25) is 0 Å². The van der Waals surface area contributed by atoms with E-state index in [0.29, 0.717) is 16.9 Å². The molecule has 1 aromatic carbocycles. The van der Waals surface area contributed by atoms with Crippen LogP contribution in [0.5, 0.6) is 0 Å². The van der Waals surface area contributed by atoms with E-state index in [0.717, 1.165) is 11.2 Å². The Morgan fingerprint density at radius 2 is 2.09 bits per heavy atom. The Kier molecular flexibility index (Phi) is 3.55. The van der Waals surface area contributed by atoms with Gasteiger partial charge in [-0.05, 0) is 0 Å². The predicted octanol–water partition coefficient (Wildman–Crippen LogP) is 5.61. The molecule has 1 nitrogen and oxygen atoms in total. The van der Waals surface area contributed by atoms with E-state index in [4.69, 9.17) is 13.9 Å². The molecule has 0 amide bonds. The summed E-state index contributed by atoms with van der Waals surface area (Å²) >= 11 is -2.31. The van der Waals surface area contributed by atoms with Crippen LogP contribution >= 0.6 is 10.1 Å². The maximum absolute atomic E-state index is 7.04. The predicted molar refractivity (Wildman–Crippen MR) is 95.1 cm³/mol. The Balaban J connectivity index is 1.49. The fourth-order valence-corrected chi connectivity index (χ4v) is 12.8. The van der Waals surface area contributed by atoms with Gasteiger partial charge in [-0.15, -0.1) is 0 Å². The number of allylic oxidation sites excluding steroid dienone is 1. The van der Waals surface area contributed by atoms with Crippen molar-refractivity contribution in [1.29, 1.82) is 0 Å². The van der Waals surface area contributed by atoms with Crippen molar-refractivity contribution < 1.29 is 3.82 Å². The molecule has 3 fully saturated rings. The first-order chi connectivity index (χ1) is 10.5. The molecule has 3 aliphatic rings. The molecule has 2 aliphatic carbocycles. The molecule has 2 bridgehead atoms. The summed E-state index contributed by atoms with van der Waals surface area (Å²) in [5.41, 5.74) is 2.06. The topological polar surface area (TPSA) is 9.23 Å². The Bertz CT molecular complexity index is 599. The van der Waals surface area contributed by atoms with Crippen LogP contribution in [0.3, 0.4) is 0 Å². The summed E-state index contributed by atoms with van der Waals surface area (Å²) in [7, 11) is 7.04. The van der Waals surface area contributed by atoms with Gasteiger partial charge >= 0.3 is 141 Å². The summed E-state index contributed by atoms with van der Waals surface area (Å²) < 4.78 is 6.54. The van der Waals surface area contributed by atoms with Crippen LogP contribution in [0.1, 0.15) is 38.7 Å². The third-order valence-corrected chi connectivity index (χ3v) is 12.8. The molecular weight excluding hydrogens is 359 g/mol. The van der Waals surface area contributed by atoms with Crippen LogP contribution in [-0.4, -0.2) is 18.4 Å². The molecule has 22 heavy (non-hydrogen) atoms. The van der Waals surface area contributed by atoms with E-state index in [2.05, 4.69) is 56.3 Å². The molecule has 0 aromatic heterocycles. The van der Waals surface area contributed by atoms with Crippen molar-refractivity contribution in [1.82, 2.24) is 0 Å². The summed E-state index contributed by atoms with van der Waals surface area (Å²) in [5.74, 6) is 0.857. The Hall–Kier alpha value is -0.271. The molecule has 0 radical (unpaired) electrons. The molecular formula is C19H25ClOSe. The summed E-state index contributed by atoms with van der Waals surface area (Å²) in [5, 5.41) is 2.12. The fraction of sp³-hybridized carbons (Fsp3) is 0.579. The van der Waals surface area contributed by atoms with Gasteiger partial charge in [0, 0.05) is 0 Å². The Morgan fingerprint density at radius 3 is 2.77 bits per heavy atom. The molecule has 1 spiro atoms. The number of hydrogen-bond donors (Lipinski definition) is 0. The zero-order chi connectivity index (χ0) is 15.4. The molecule has 1 aromatic rings. The van der Waals surface area contributed by atoms with Gasteiger partial charge < -0.3 is 0 Å². The van der Waals surface area contributed by atoms with E-state index in [1.807, 2.05) is 0 Å². The molecule has 4 rings (SSSR count). The van der Waals surface area contributed by atoms with E-state index in [9.17, 15) is 0 Å². The van der Waals surface area contributed by atoms with Crippen molar-refractivity contribution in [3.8, 4) is 0 Å². The molecule has 0 N–H and O–H groups in total. The van der Waals surface area contributed by atoms with Crippen LogP contribution in [0.2, 0.25) is 10.6 Å². The summed E-state index contributed by atoms with van der Waals surface area (Å²) in [6.07, 6.45) is 8.87. The van der Waals surface area contributed by atoms with Gasteiger partial charge in [-0.1, -0.05) is 0 Å². The second-order valence-electron chi connectivity index (χ2n) is 7.78. The average Bonchev–Trinajstić information content (AvgIpc) is 2.99. The van der Waals surface area contributed by atoms with Crippen molar-refractivity contribution in [2.75, 3.05) is 0 Å². The fourth-order valence-electron chi connectivity index (χ4n) is 5.09. The number of halogens is 1. The van der Waals surface area contributed by atoms with E-state index < -0.39 is 12.3 Å². The minimum atomic E-state index is -2.31. The Morgan fingerprint density at radius 1 is 1.32 bits per heavy atom. The van der Waals surface area contributed by atoms with Crippen LogP contribution in [0, 0.1) is 16.7 Å². The quantitative estimate of drug-likeness (QED) is 0.617. The normalized spacial score (nSPS) is 42.1. The summed E-state index contributed by atoms with van der Waals surface area (Å²) in [6, 6.07) is 10.5. The summed E-state index contributed by atoms with van der Waals surface area (Å²) in [6.45, 7) is 4.93. The van der Waals surface area contributed by atoms with Crippen LogP contribution in [0.4, 0.5) is 0 Å². The molecule has 2 saturated carbocycles. The molecule has 3 heteroatoms. The van der Waals surface area contributed by atoms with Gasteiger partial charge in [-0.25, -0.2) is 0 Å². The third-order valence-electron chi connectivity index (χ3n) is 6.57. The average molecular weight is 384 g/mol. The minimum absolute atomic E-state index is 0.389. The molecule has 4 atom stereocenters. The van der Waals surface area contributed by atoms with Crippen LogP contribution in [-0.2, 0) is 3.82 Å². The van der Waals surface area contributed by atoms with Gasteiger partial charge in [0.1, 0.15) is 0 Å². The van der Waals surface area contributed by atoms with Gasteiger partial charge in [0.05, 0.1) is 0 Å². The number of benzene rings is 1. The van der Waals surface area contributed by atoms with Gasteiger partial charge in [0.25, 0.3) is 0 Å². The van der Waals surface area contributed by atoms with Crippen molar-refractivity contribution >= 4 is 28.4 Å². The van der Waals surface area contributed by atoms with Gasteiger partial charge in [-0.2, -0.15) is 0 Å². The molecule has 120 valence electrons. The number of rotatable bonds is 3. The van der Waals surface area contributed by atoms with Crippen LogP contribution in [0.25, 0.3) is 6.08 Å². The second kappa shape index (κ2) is 5.11. The summed E-state index contributed by atoms with van der Waals surface area (Å²) in [4.78, 5) is 0. The zero-order valence-corrected chi connectivity index (χ0v) is 15.9. The zero-order valence-electron chi connectivity index (χ0n) is 13.4. The SMILES string of the molecule is CC1(C)C2CCC13C[Se@@](Cl)(C/C=C/c1ccccc1)O[C@@H]3C2. The van der Waals surface area contributed by atoms with E-state index in [1.54, 1.807) is 0 Å². The molecule has 1 saturated heterocycles. The van der Waals surface area contributed by atoms with Crippen molar-refractivity contribution in [2.24, 2.45) is 16.7 Å². The molecule has 1 heterocycles. The first-order valence-corrected chi connectivity index (χ1v) is 13.7. The van der Waals surface area contributed by atoms with Crippen molar-refractivity contribution in [3.05, 3.63) is 42.0 Å². The van der Waals surface area contributed by atoms with Gasteiger partial charge in [0.15, 0.2) is 0 Å². The number of hydrogen-bond acceptors (Lipinski definition) is 1. The third kappa shape index (κ3) is 2.15. The van der Waals surface area contributed by atoms with E-state index in [1.165, 1.54) is 30.1 Å². The van der Waals surface area contributed by atoms with E-state index >= 15 is 0 Å². The second-order valence-corrected chi connectivity index (χ2v) is 15.4. The van der Waals surface area contributed by atoms with Crippen molar-refractivity contribution in [3.63, 3.8) is 0 Å². The van der Waals surface area contributed by atoms with Crippen LogP contribution in [0.15, 0.2) is 36.4 Å².